The molecule has 0 bridgehead atoms. The van der Waals surface area contributed by atoms with E-state index >= 15 is 0 Å². The minimum atomic E-state index is -0.111. The van der Waals surface area contributed by atoms with Crippen molar-refractivity contribution in [2.45, 2.75) is 33.0 Å². The van der Waals surface area contributed by atoms with E-state index in [1.54, 1.807) is 0 Å². The zero-order valence-corrected chi connectivity index (χ0v) is 10.6. The molecule has 0 heterocycles. The Morgan fingerprint density at radius 2 is 1.93 bits per heavy atom. The van der Waals surface area contributed by atoms with Crippen molar-refractivity contribution in [2.24, 2.45) is 0 Å². The van der Waals surface area contributed by atoms with Gasteiger partial charge >= 0.3 is 0 Å². The van der Waals surface area contributed by atoms with Gasteiger partial charge in [0.25, 0.3) is 0 Å². The average Bonchev–Trinajstić information content (AvgIpc) is 2.14. The van der Waals surface area contributed by atoms with E-state index in [0.717, 1.165) is 16.3 Å². The van der Waals surface area contributed by atoms with Gasteiger partial charge in [-0.15, -0.1) is 6.58 Å². The molecule has 0 aliphatic rings. The highest BCUT2D eigenvalue weighted by atomic mass is 28.1. The summed E-state index contributed by atoms with van der Waals surface area (Å²) in [5.74, 6) is 0. The lowest BCUT2D eigenvalue weighted by Gasteiger charge is -2.20. The van der Waals surface area contributed by atoms with Gasteiger partial charge in [-0.3, -0.25) is 0 Å². The molecule has 0 fully saturated rings. The zero-order valence-electron chi connectivity index (χ0n) is 9.63. The molecule has 0 N–H and O–H groups in total. The number of hydrogen-bond acceptors (Lipinski definition) is 1. The Morgan fingerprint density at radius 1 is 1.33 bits per heavy atom. The van der Waals surface area contributed by atoms with Gasteiger partial charge in [0.05, 0.1) is 22.5 Å². The van der Waals surface area contributed by atoms with Crippen LogP contribution in [0.15, 0.2) is 30.8 Å². The van der Waals surface area contributed by atoms with E-state index < -0.39 is 0 Å². The van der Waals surface area contributed by atoms with Crippen molar-refractivity contribution in [3.63, 3.8) is 0 Å². The fourth-order valence-corrected chi connectivity index (χ4v) is 1.48. The summed E-state index contributed by atoms with van der Waals surface area (Å²) in [6.07, 6.45) is 0. The second-order valence-electron chi connectivity index (χ2n) is 4.54. The van der Waals surface area contributed by atoms with Crippen LogP contribution in [0.1, 0.15) is 31.9 Å². The predicted molar refractivity (Wildman–Crippen MR) is 65.8 cm³/mol. The molecule has 0 atom stereocenters. The molecule has 0 saturated heterocycles. The van der Waals surface area contributed by atoms with Crippen LogP contribution in [0.3, 0.4) is 0 Å². The lowest BCUT2D eigenvalue weighted by molar-refractivity contribution is -0.0150. The number of hydrogen-bond donors (Lipinski definition) is 0. The van der Waals surface area contributed by atoms with Crippen molar-refractivity contribution in [1.82, 2.24) is 0 Å². The van der Waals surface area contributed by atoms with Crippen LogP contribution in [0.25, 0.3) is 5.20 Å². The largest absolute Gasteiger partial charge is 0.371 e. The Labute approximate surface area is 95.6 Å². The number of ether oxygens (including phenoxy) is 1. The van der Waals surface area contributed by atoms with Crippen LogP contribution < -0.4 is 0 Å². The van der Waals surface area contributed by atoms with Crippen LogP contribution in [0.2, 0.25) is 0 Å². The van der Waals surface area contributed by atoms with E-state index in [2.05, 4.69) is 43.7 Å². The van der Waals surface area contributed by atoms with Crippen LogP contribution in [-0.2, 0) is 11.3 Å². The van der Waals surface area contributed by atoms with Gasteiger partial charge in [0.2, 0.25) is 0 Å². The number of rotatable bonds is 3. The van der Waals surface area contributed by atoms with Gasteiger partial charge in [-0.05, 0) is 31.9 Å². The van der Waals surface area contributed by atoms with Crippen molar-refractivity contribution in [3.05, 3.63) is 42.0 Å². The van der Waals surface area contributed by atoms with E-state index in [4.69, 9.17) is 4.74 Å². The van der Waals surface area contributed by atoms with Gasteiger partial charge < -0.3 is 4.74 Å². The predicted octanol–water partition coefficient (Wildman–Crippen LogP) is 3.14. The summed E-state index contributed by atoms with van der Waals surface area (Å²) >= 11 is 0. The molecule has 1 rings (SSSR count). The first-order valence-electron chi connectivity index (χ1n) is 5.03. The monoisotopic (exact) mass is 217 g/mol. The minimum Gasteiger partial charge on any atom is -0.371 e. The maximum atomic E-state index is 5.74. The van der Waals surface area contributed by atoms with E-state index in [0.29, 0.717) is 6.61 Å². The lowest BCUT2D eigenvalue weighted by Crippen LogP contribution is -2.19. The molecule has 0 aliphatic carbocycles. The highest BCUT2D eigenvalue weighted by Gasteiger charge is 2.11. The third-order valence-electron chi connectivity index (χ3n) is 2.00. The molecule has 0 saturated carbocycles. The first-order chi connectivity index (χ1) is 6.90. The van der Waals surface area contributed by atoms with Crippen LogP contribution in [-0.4, -0.2) is 15.8 Å². The second-order valence-corrected chi connectivity index (χ2v) is 5.14. The molecule has 15 heavy (non-hydrogen) atoms. The van der Waals surface area contributed by atoms with Crippen molar-refractivity contribution < 1.29 is 4.74 Å². The minimum absolute atomic E-state index is 0.111. The summed E-state index contributed by atoms with van der Waals surface area (Å²) in [4.78, 5) is 0. The molecule has 2 heteroatoms. The highest BCUT2D eigenvalue weighted by Crippen LogP contribution is 2.18. The Hall–Kier alpha value is -0.863. The smallest absolute Gasteiger partial charge is 0.0729 e. The van der Waals surface area contributed by atoms with E-state index in [1.807, 2.05) is 18.2 Å². The molecule has 0 unspecified atom stereocenters. The molecule has 79 valence electrons. The second kappa shape index (κ2) is 4.77. The molecule has 1 nitrogen and oxygen atoms in total. The first kappa shape index (κ1) is 12.2. The quantitative estimate of drug-likeness (QED) is 0.707. The maximum absolute atomic E-state index is 5.74. The molecule has 3 radical (unpaired) electrons. The topological polar surface area (TPSA) is 9.23 Å². The first-order valence-corrected chi connectivity index (χ1v) is 5.53. The normalized spacial score (nSPS) is 11.5. The summed E-state index contributed by atoms with van der Waals surface area (Å²) in [6, 6.07) is 8.12. The Kier molecular flexibility index (Phi) is 3.88. The zero-order chi connectivity index (χ0) is 11.5. The molecular weight excluding hydrogens is 200 g/mol. The van der Waals surface area contributed by atoms with Crippen LogP contribution >= 0.6 is 0 Å². The average molecular weight is 217 g/mol. The molecule has 0 aliphatic heterocycles. The fourth-order valence-electron chi connectivity index (χ4n) is 1.23. The molecule has 1 aromatic carbocycles. The number of benzene rings is 1. The van der Waals surface area contributed by atoms with Gasteiger partial charge in [0.1, 0.15) is 0 Å². The van der Waals surface area contributed by atoms with E-state index in [1.165, 1.54) is 0 Å². The summed E-state index contributed by atoms with van der Waals surface area (Å²) in [6.45, 7) is 10.7. The van der Waals surface area contributed by atoms with Gasteiger partial charge in [0.15, 0.2) is 0 Å². The van der Waals surface area contributed by atoms with Crippen LogP contribution in [0, 0.1) is 0 Å². The van der Waals surface area contributed by atoms with Gasteiger partial charge in [-0.25, -0.2) is 0 Å². The van der Waals surface area contributed by atoms with Gasteiger partial charge in [-0.2, -0.15) is 0 Å². The Morgan fingerprint density at radius 3 is 2.47 bits per heavy atom. The van der Waals surface area contributed by atoms with Crippen molar-refractivity contribution in [2.75, 3.05) is 0 Å². The molecule has 0 spiro atoms. The summed E-state index contributed by atoms with van der Waals surface area (Å²) in [7, 11) is 3.45. The van der Waals surface area contributed by atoms with Crippen LogP contribution in [0.4, 0.5) is 0 Å². The SMILES string of the molecule is C=C([Si])c1ccccc1COC(C)(C)C. The molecule has 0 amide bonds. The van der Waals surface area contributed by atoms with Gasteiger partial charge in [0, 0.05) is 0 Å². The van der Waals surface area contributed by atoms with E-state index in [-0.39, 0.29) is 5.60 Å². The van der Waals surface area contributed by atoms with E-state index in [9.17, 15) is 0 Å². The molecular formula is C13H17OSi. The summed E-state index contributed by atoms with van der Waals surface area (Å²) in [5, 5.41) is 0.892. The maximum Gasteiger partial charge on any atom is 0.0729 e. The van der Waals surface area contributed by atoms with Crippen molar-refractivity contribution in [1.29, 1.82) is 0 Å². The molecule has 1 aromatic rings. The Bertz CT molecular complexity index is 350. The fraction of sp³-hybridized carbons (Fsp3) is 0.385. The summed E-state index contributed by atoms with van der Waals surface area (Å²) < 4.78 is 5.74. The van der Waals surface area contributed by atoms with Crippen molar-refractivity contribution >= 4 is 15.4 Å². The molecule has 0 aromatic heterocycles. The highest BCUT2D eigenvalue weighted by molar-refractivity contribution is 6.41. The third kappa shape index (κ3) is 4.02. The lowest BCUT2D eigenvalue weighted by atomic mass is 10.1. The third-order valence-corrected chi connectivity index (χ3v) is 2.27. The van der Waals surface area contributed by atoms with Gasteiger partial charge in [-0.1, -0.05) is 29.5 Å². The summed E-state index contributed by atoms with van der Waals surface area (Å²) in [5.41, 5.74) is 2.16. The van der Waals surface area contributed by atoms with Crippen molar-refractivity contribution in [3.8, 4) is 0 Å². The standard InChI is InChI=1S/C13H17OSi/c1-10(15)12-8-6-5-7-11(12)9-14-13(2,3)4/h5-8H,1,9H2,2-4H3. The van der Waals surface area contributed by atoms with Crippen LogP contribution in [0.5, 0.6) is 0 Å². The Balaban J connectivity index is 2.81.